The third-order valence-electron chi connectivity index (χ3n) is 1.85. The van der Waals surface area contributed by atoms with Crippen molar-refractivity contribution in [3.8, 4) is 5.75 Å². The average Bonchev–Trinajstić information content (AvgIpc) is 2.08. The molecule has 3 nitrogen and oxygen atoms in total. The van der Waals surface area contributed by atoms with Crippen LogP contribution in [-0.4, -0.2) is 10.1 Å². The Morgan fingerprint density at radius 2 is 2.07 bits per heavy atom. The third kappa shape index (κ3) is 1.33. The van der Waals surface area contributed by atoms with Crippen molar-refractivity contribution in [2.75, 3.05) is 0 Å². The highest BCUT2D eigenvalue weighted by molar-refractivity contribution is 6.35. The molecule has 0 aliphatic rings. The van der Waals surface area contributed by atoms with Crippen LogP contribution in [0.1, 0.15) is 0 Å². The topological polar surface area (TPSA) is 53.1 Å². The first-order valence-corrected chi connectivity index (χ1v) is 4.17. The standard InChI is InChI=1S/C9H5ClFNO2/c10-6-3-5(11)1-4-2-7(13)9(14)12-8(4)6/h1-3,13H,(H,12,14). The molecule has 5 heteroatoms. The predicted octanol–water partition coefficient (Wildman–Crippen LogP) is 2.03. The summed E-state index contributed by atoms with van der Waals surface area (Å²) in [6.07, 6.45) is 0. The van der Waals surface area contributed by atoms with Gasteiger partial charge in [-0.1, -0.05) is 11.6 Å². The van der Waals surface area contributed by atoms with Crippen molar-refractivity contribution >= 4 is 22.5 Å². The number of hydrogen-bond acceptors (Lipinski definition) is 2. The highest BCUT2D eigenvalue weighted by Crippen LogP contribution is 2.23. The Bertz CT molecular complexity index is 564. The summed E-state index contributed by atoms with van der Waals surface area (Å²) in [4.78, 5) is 13.4. The number of aromatic amines is 1. The molecular weight excluding hydrogens is 209 g/mol. The summed E-state index contributed by atoms with van der Waals surface area (Å²) in [7, 11) is 0. The lowest BCUT2D eigenvalue weighted by atomic mass is 10.2. The zero-order valence-corrected chi connectivity index (χ0v) is 7.60. The van der Waals surface area contributed by atoms with Gasteiger partial charge in [-0.15, -0.1) is 0 Å². The van der Waals surface area contributed by atoms with Gasteiger partial charge in [-0.25, -0.2) is 4.39 Å². The van der Waals surface area contributed by atoms with Crippen LogP contribution in [0.5, 0.6) is 5.75 Å². The zero-order valence-electron chi connectivity index (χ0n) is 6.84. The van der Waals surface area contributed by atoms with Gasteiger partial charge in [-0.3, -0.25) is 4.79 Å². The molecule has 0 aliphatic heterocycles. The molecule has 1 aromatic heterocycles. The Morgan fingerprint density at radius 3 is 2.79 bits per heavy atom. The zero-order chi connectivity index (χ0) is 10.3. The van der Waals surface area contributed by atoms with E-state index >= 15 is 0 Å². The molecule has 1 heterocycles. The Labute approximate surface area is 82.8 Å². The number of aromatic hydroxyl groups is 1. The summed E-state index contributed by atoms with van der Waals surface area (Å²) in [6.45, 7) is 0. The van der Waals surface area contributed by atoms with Gasteiger partial charge in [-0.2, -0.15) is 0 Å². The Balaban J connectivity index is 2.96. The second kappa shape index (κ2) is 2.99. The van der Waals surface area contributed by atoms with Gasteiger partial charge in [0.15, 0.2) is 5.75 Å². The first kappa shape index (κ1) is 9.02. The minimum absolute atomic E-state index is 0.108. The second-order valence-corrected chi connectivity index (χ2v) is 3.24. The molecule has 0 unspecified atom stereocenters. The number of benzene rings is 1. The molecule has 0 amide bonds. The van der Waals surface area contributed by atoms with Crippen molar-refractivity contribution in [1.29, 1.82) is 0 Å². The quantitative estimate of drug-likeness (QED) is 0.704. The molecule has 2 rings (SSSR count). The van der Waals surface area contributed by atoms with Crippen molar-refractivity contribution in [3.63, 3.8) is 0 Å². The van der Waals surface area contributed by atoms with Crippen LogP contribution in [0.4, 0.5) is 4.39 Å². The Morgan fingerprint density at radius 1 is 1.36 bits per heavy atom. The average molecular weight is 214 g/mol. The molecule has 0 bridgehead atoms. The van der Waals surface area contributed by atoms with Crippen LogP contribution in [-0.2, 0) is 0 Å². The van der Waals surface area contributed by atoms with E-state index in [1.54, 1.807) is 0 Å². The molecule has 0 atom stereocenters. The van der Waals surface area contributed by atoms with E-state index in [-0.39, 0.29) is 5.02 Å². The summed E-state index contributed by atoms with van der Waals surface area (Å²) < 4.78 is 12.9. The van der Waals surface area contributed by atoms with Crippen molar-refractivity contribution < 1.29 is 9.50 Å². The normalized spacial score (nSPS) is 10.7. The lowest BCUT2D eigenvalue weighted by molar-refractivity contribution is 0.468. The van der Waals surface area contributed by atoms with Crippen LogP contribution in [0, 0.1) is 5.82 Å². The van der Waals surface area contributed by atoms with Crippen LogP contribution >= 0.6 is 11.6 Å². The second-order valence-electron chi connectivity index (χ2n) is 2.84. The number of H-pyrrole nitrogens is 1. The Kier molecular flexibility index (Phi) is 1.93. The summed E-state index contributed by atoms with van der Waals surface area (Å²) >= 11 is 5.69. The molecule has 0 saturated carbocycles. The SMILES string of the molecule is O=c1[nH]c2c(Cl)cc(F)cc2cc1O. The number of nitrogens with one attached hydrogen (secondary N) is 1. The lowest BCUT2D eigenvalue weighted by Crippen LogP contribution is -2.04. The van der Waals surface area contributed by atoms with Crippen molar-refractivity contribution in [2.24, 2.45) is 0 Å². The summed E-state index contributed by atoms with van der Waals surface area (Å²) in [5.41, 5.74) is -0.332. The van der Waals surface area contributed by atoms with Gasteiger partial charge in [0.25, 0.3) is 5.56 Å². The number of fused-ring (bicyclic) bond motifs is 1. The molecule has 0 saturated heterocycles. The van der Waals surface area contributed by atoms with Gasteiger partial charge in [0.1, 0.15) is 5.82 Å². The van der Waals surface area contributed by atoms with Gasteiger partial charge < -0.3 is 10.1 Å². The molecule has 0 radical (unpaired) electrons. The Hall–Kier alpha value is -1.55. The van der Waals surface area contributed by atoms with Gasteiger partial charge in [0, 0.05) is 5.39 Å². The molecule has 14 heavy (non-hydrogen) atoms. The van der Waals surface area contributed by atoms with E-state index in [2.05, 4.69) is 4.98 Å². The predicted molar refractivity (Wildman–Crippen MR) is 51.2 cm³/mol. The highest BCUT2D eigenvalue weighted by atomic mass is 35.5. The maximum atomic E-state index is 12.9. The minimum Gasteiger partial charge on any atom is -0.503 e. The monoisotopic (exact) mass is 213 g/mol. The molecule has 2 aromatic rings. The fourth-order valence-corrected chi connectivity index (χ4v) is 1.49. The molecular formula is C9H5ClFNO2. The van der Waals surface area contributed by atoms with Gasteiger partial charge in [-0.05, 0) is 18.2 Å². The van der Waals surface area contributed by atoms with E-state index in [1.165, 1.54) is 12.1 Å². The molecule has 1 aromatic carbocycles. The third-order valence-corrected chi connectivity index (χ3v) is 2.15. The number of halogens is 2. The fraction of sp³-hybridized carbons (Fsp3) is 0. The first-order chi connectivity index (χ1) is 6.58. The van der Waals surface area contributed by atoms with E-state index in [0.717, 1.165) is 6.07 Å². The van der Waals surface area contributed by atoms with Crippen LogP contribution in [0.15, 0.2) is 23.0 Å². The molecule has 0 aliphatic carbocycles. The van der Waals surface area contributed by atoms with E-state index in [0.29, 0.717) is 10.9 Å². The van der Waals surface area contributed by atoms with E-state index in [1.807, 2.05) is 0 Å². The maximum absolute atomic E-state index is 12.9. The van der Waals surface area contributed by atoms with Gasteiger partial charge in [0.2, 0.25) is 0 Å². The maximum Gasteiger partial charge on any atom is 0.290 e. The van der Waals surface area contributed by atoms with Crippen LogP contribution in [0.25, 0.3) is 10.9 Å². The minimum atomic E-state index is -0.647. The summed E-state index contributed by atoms with van der Waals surface area (Å²) in [5.74, 6) is -0.979. The number of rotatable bonds is 0. The van der Waals surface area contributed by atoms with Crippen LogP contribution in [0.2, 0.25) is 5.02 Å². The first-order valence-electron chi connectivity index (χ1n) is 3.79. The van der Waals surface area contributed by atoms with Crippen LogP contribution in [0.3, 0.4) is 0 Å². The summed E-state index contributed by atoms with van der Waals surface area (Å²) in [5, 5.41) is 9.55. The van der Waals surface area contributed by atoms with Crippen molar-refractivity contribution in [2.45, 2.75) is 0 Å². The number of pyridine rings is 1. The molecule has 0 spiro atoms. The number of hydrogen-bond donors (Lipinski definition) is 2. The molecule has 0 fully saturated rings. The summed E-state index contributed by atoms with van der Waals surface area (Å²) in [6, 6.07) is 3.44. The van der Waals surface area contributed by atoms with E-state index < -0.39 is 17.1 Å². The van der Waals surface area contributed by atoms with Crippen molar-refractivity contribution in [1.82, 2.24) is 4.98 Å². The van der Waals surface area contributed by atoms with E-state index in [9.17, 15) is 9.18 Å². The number of aromatic nitrogens is 1. The largest absolute Gasteiger partial charge is 0.503 e. The van der Waals surface area contributed by atoms with Gasteiger partial charge >= 0.3 is 0 Å². The van der Waals surface area contributed by atoms with E-state index in [4.69, 9.17) is 16.7 Å². The smallest absolute Gasteiger partial charge is 0.290 e. The van der Waals surface area contributed by atoms with Gasteiger partial charge in [0.05, 0.1) is 10.5 Å². The highest BCUT2D eigenvalue weighted by Gasteiger charge is 2.05. The van der Waals surface area contributed by atoms with Crippen LogP contribution < -0.4 is 5.56 Å². The molecule has 2 N–H and O–H groups in total. The molecule has 72 valence electrons. The fourth-order valence-electron chi connectivity index (χ4n) is 1.23. The lowest BCUT2D eigenvalue weighted by Gasteiger charge is -2.01. The van der Waals surface area contributed by atoms with Crippen molar-refractivity contribution in [3.05, 3.63) is 39.4 Å².